The molecule has 9 heteroatoms. The number of aromatic nitrogens is 4. The largest absolute Gasteiger partial charge is 0.507 e. The van der Waals surface area contributed by atoms with Gasteiger partial charge in [-0.25, -0.2) is 18.9 Å². The Hall–Kier alpha value is -5.49. The molecule has 0 unspecified atom stereocenters. The van der Waals surface area contributed by atoms with Gasteiger partial charge in [0.05, 0.1) is 22.4 Å². The third kappa shape index (κ3) is 5.20. The zero-order chi connectivity index (χ0) is 26.5. The number of halogens is 1. The molecule has 0 spiro atoms. The lowest BCUT2D eigenvalue weighted by Crippen LogP contribution is -2.06. The third-order valence-electron chi connectivity index (χ3n) is 5.66. The number of ether oxygens (including phenoxy) is 1. The fourth-order valence-electron chi connectivity index (χ4n) is 3.80. The van der Waals surface area contributed by atoms with E-state index in [4.69, 9.17) is 4.74 Å². The maximum Gasteiger partial charge on any atom is 0.331 e. The molecule has 2 heterocycles. The Kier molecular flexibility index (Phi) is 6.78. The zero-order valence-corrected chi connectivity index (χ0v) is 19.9. The van der Waals surface area contributed by atoms with Crippen LogP contribution in [0, 0.1) is 17.1 Å². The van der Waals surface area contributed by atoms with Gasteiger partial charge < -0.3 is 14.8 Å². The SMILES string of the molecule is N#CC(=C(O)COC(=O)/C=C/c1cn(-c2ccccc2)nc1-c1ccc(F)cc1)c1nc2ccccc2[nH]1. The highest BCUT2D eigenvalue weighted by Gasteiger charge is 2.15. The minimum Gasteiger partial charge on any atom is -0.507 e. The van der Waals surface area contributed by atoms with Crippen LogP contribution in [0.15, 0.2) is 96.9 Å². The number of aliphatic hydroxyl groups excluding tert-OH is 1. The molecule has 0 aliphatic rings. The molecule has 2 N–H and O–H groups in total. The third-order valence-corrected chi connectivity index (χ3v) is 5.66. The average molecular weight is 506 g/mol. The number of nitrogens with one attached hydrogen (secondary N) is 1. The van der Waals surface area contributed by atoms with Gasteiger partial charge in [-0.3, -0.25) is 0 Å². The van der Waals surface area contributed by atoms with Crippen LogP contribution in [0.25, 0.3) is 39.6 Å². The number of H-pyrrole nitrogens is 1. The molecule has 0 aliphatic heterocycles. The van der Waals surface area contributed by atoms with Crippen molar-refractivity contribution in [3.8, 4) is 23.0 Å². The van der Waals surface area contributed by atoms with Gasteiger partial charge in [0.1, 0.15) is 24.1 Å². The van der Waals surface area contributed by atoms with Crippen LogP contribution >= 0.6 is 0 Å². The van der Waals surface area contributed by atoms with E-state index in [2.05, 4.69) is 15.1 Å². The first-order chi connectivity index (χ1) is 18.5. The first kappa shape index (κ1) is 24.2. The van der Waals surface area contributed by atoms with Crippen molar-refractivity contribution < 1.29 is 19.0 Å². The van der Waals surface area contributed by atoms with Gasteiger partial charge in [0.15, 0.2) is 11.6 Å². The van der Waals surface area contributed by atoms with Crippen LogP contribution in [0.5, 0.6) is 0 Å². The Morgan fingerprint density at radius 3 is 2.55 bits per heavy atom. The number of para-hydroxylation sites is 3. The number of esters is 1. The van der Waals surface area contributed by atoms with Crippen LogP contribution in [0.4, 0.5) is 4.39 Å². The first-order valence-electron chi connectivity index (χ1n) is 11.5. The molecule has 8 nitrogen and oxygen atoms in total. The summed E-state index contributed by atoms with van der Waals surface area (Å²) in [7, 11) is 0. The molecule has 0 amide bonds. The summed E-state index contributed by atoms with van der Waals surface area (Å²) in [5.74, 6) is -1.37. The van der Waals surface area contributed by atoms with Crippen molar-refractivity contribution in [1.82, 2.24) is 19.7 Å². The minimum atomic E-state index is -0.740. The molecule has 5 rings (SSSR count). The second-order valence-corrected chi connectivity index (χ2v) is 8.20. The maximum atomic E-state index is 13.5. The van der Waals surface area contributed by atoms with Crippen LogP contribution in [-0.4, -0.2) is 37.4 Å². The quantitative estimate of drug-likeness (QED) is 0.129. The molecule has 186 valence electrons. The van der Waals surface area contributed by atoms with Crippen molar-refractivity contribution in [1.29, 1.82) is 5.26 Å². The van der Waals surface area contributed by atoms with Gasteiger partial charge in [0, 0.05) is 23.4 Å². The lowest BCUT2D eigenvalue weighted by Gasteiger charge is -2.03. The highest BCUT2D eigenvalue weighted by atomic mass is 19.1. The molecule has 0 aliphatic carbocycles. The smallest absolute Gasteiger partial charge is 0.331 e. The van der Waals surface area contributed by atoms with Crippen molar-refractivity contribution >= 4 is 28.7 Å². The number of aromatic amines is 1. The van der Waals surface area contributed by atoms with E-state index >= 15 is 0 Å². The topological polar surface area (TPSA) is 117 Å². The van der Waals surface area contributed by atoms with Crippen molar-refractivity contribution in [3.05, 3.63) is 114 Å². The van der Waals surface area contributed by atoms with E-state index in [1.165, 1.54) is 24.3 Å². The van der Waals surface area contributed by atoms with Gasteiger partial charge >= 0.3 is 5.97 Å². The Balaban J connectivity index is 1.35. The number of nitrogens with zero attached hydrogens (tertiary/aromatic N) is 4. The Bertz CT molecular complexity index is 1680. The van der Waals surface area contributed by atoms with E-state index in [1.54, 1.807) is 35.1 Å². The van der Waals surface area contributed by atoms with Crippen molar-refractivity contribution in [2.24, 2.45) is 0 Å². The number of hydrogen-bond donors (Lipinski definition) is 2. The van der Waals surface area contributed by atoms with Gasteiger partial charge in [-0.1, -0.05) is 30.3 Å². The number of carbonyl (C=O) groups excluding carboxylic acids is 1. The van der Waals surface area contributed by atoms with Crippen LogP contribution in [-0.2, 0) is 9.53 Å². The molecule has 0 bridgehead atoms. The van der Waals surface area contributed by atoms with E-state index in [1.807, 2.05) is 48.5 Å². The van der Waals surface area contributed by atoms with E-state index in [9.17, 15) is 19.6 Å². The summed E-state index contributed by atoms with van der Waals surface area (Å²) in [6.07, 6.45) is 4.46. The summed E-state index contributed by atoms with van der Waals surface area (Å²) in [6, 6.07) is 24.4. The molecule has 0 saturated heterocycles. The predicted molar refractivity (Wildman–Crippen MR) is 140 cm³/mol. The van der Waals surface area contributed by atoms with Crippen LogP contribution in [0.2, 0.25) is 0 Å². The fourth-order valence-corrected chi connectivity index (χ4v) is 3.80. The Morgan fingerprint density at radius 2 is 1.82 bits per heavy atom. The number of fused-ring (bicyclic) bond motifs is 1. The standard InChI is InChI=1S/C29H20FN5O3/c30-21-13-10-19(11-14-21)28-20(17-35(34-28)22-6-2-1-3-7-22)12-15-27(37)38-18-26(36)23(16-31)29-32-24-8-4-5-9-25(24)33-29/h1-15,17,36H,18H2,(H,32,33)/b15-12+,26-23?. The summed E-state index contributed by atoms with van der Waals surface area (Å²) in [4.78, 5) is 19.7. The number of rotatable bonds is 7. The number of allylic oxidation sites excluding steroid dienone is 1. The summed E-state index contributed by atoms with van der Waals surface area (Å²) in [5.41, 5.74) is 3.82. The number of hydrogen-bond acceptors (Lipinski definition) is 6. The van der Waals surface area contributed by atoms with Gasteiger partial charge in [-0.2, -0.15) is 10.4 Å². The molecule has 0 radical (unpaired) electrons. The number of imidazole rings is 1. The normalized spacial score (nSPS) is 11.9. The van der Waals surface area contributed by atoms with E-state index < -0.39 is 18.3 Å². The second kappa shape index (κ2) is 10.6. The summed E-state index contributed by atoms with van der Waals surface area (Å²) >= 11 is 0. The molecule has 3 aromatic carbocycles. The average Bonchev–Trinajstić information content (AvgIpc) is 3.57. The van der Waals surface area contributed by atoms with E-state index in [0.717, 1.165) is 5.69 Å². The minimum absolute atomic E-state index is 0.124. The summed E-state index contributed by atoms with van der Waals surface area (Å²) < 4.78 is 20.3. The maximum absolute atomic E-state index is 13.5. The van der Waals surface area contributed by atoms with Gasteiger partial charge in [0.2, 0.25) is 0 Å². The first-order valence-corrected chi connectivity index (χ1v) is 11.5. The Morgan fingerprint density at radius 1 is 1.08 bits per heavy atom. The van der Waals surface area contributed by atoms with E-state index in [0.29, 0.717) is 27.9 Å². The van der Waals surface area contributed by atoms with E-state index in [-0.39, 0.29) is 17.2 Å². The van der Waals surface area contributed by atoms with Gasteiger partial charge in [-0.05, 0) is 54.6 Å². The molecule has 2 aromatic heterocycles. The predicted octanol–water partition coefficient (Wildman–Crippen LogP) is 5.60. The summed E-state index contributed by atoms with van der Waals surface area (Å²) in [6.45, 7) is -0.517. The second-order valence-electron chi connectivity index (χ2n) is 8.20. The monoisotopic (exact) mass is 505 g/mol. The number of benzene rings is 3. The molecule has 5 aromatic rings. The molecule has 0 fully saturated rings. The van der Waals surface area contributed by atoms with Crippen molar-refractivity contribution in [2.75, 3.05) is 6.61 Å². The fraction of sp³-hybridized carbons (Fsp3) is 0.0345. The van der Waals surface area contributed by atoms with Crippen molar-refractivity contribution in [2.45, 2.75) is 0 Å². The number of nitriles is 1. The Labute approximate surface area is 216 Å². The van der Waals surface area contributed by atoms with Crippen LogP contribution in [0.1, 0.15) is 11.4 Å². The van der Waals surface area contributed by atoms with Crippen LogP contribution < -0.4 is 0 Å². The van der Waals surface area contributed by atoms with Crippen molar-refractivity contribution in [3.63, 3.8) is 0 Å². The zero-order valence-electron chi connectivity index (χ0n) is 19.9. The molecule has 0 saturated carbocycles. The van der Waals surface area contributed by atoms with Gasteiger partial charge in [0.25, 0.3) is 0 Å². The highest BCUT2D eigenvalue weighted by Crippen LogP contribution is 2.25. The molecule has 0 atom stereocenters. The summed E-state index contributed by atoms with van der Waals surface area (Å²) in [5, 5.41) is 24.6. The lowest BCUT2D eigenvalue weighted by molar-refractivity contribution is -0.137. The lowest BCUT2D eigenvalue weighted by atomic mass is 10.1. The van der Waals surface area contributed by atoms with Gasteiger partial charge in [-0.15, -0.1) is 0 Å². The molecule has 38 heavy (non-hydrogen) atoms. The molecular weight excluding hydrogens is 485 g/mol. The number of carbonyl (C=O) groups is 1. The molecular formula is C29H20FN5O3. The number of aliphatic hydroxyl groups is 1. The van der Waals surface area contributed by atoms with Crippen LogP contribution in [0.3, 0.4) is 0 Å². The highest BCUT2D eigenvalue weighted by molar-refractivity contribution is 5.89.